The molecule has 1 unspecified atom stereocenters. The van der Waals surface area contributed by atoms with Crippen LogP contribution in [0.1, 0.15) is 108 Å². The molecule has 6 rings (SSSR count). The molecule has 3 aliphatic rings. The number of phenols is 1. The van der Waals surface area contributed by atoms with Crippen LogP contribution in [0.3, 0.4) is 0 Å². The van der Waals surface area contributed by atoms with Crippen LogP contribution in [-0.4, -0.2) is 151 Å². The minimum Gasteiger partial charge on any atom is -0.508 e. The van der Waals surface area contributed by atoms with E-state index >= 15 is 0 Å². The molecule has 0 spiro atoms. The lowest BCUT2D eigenvalue weighted by atomic mass is 9.85. The zero-order chi connectivity index (χ0) is 57.0. The Kier molecular flexibility index (Phi) is 23.0. The molecule has 0 bridgehead atoms. The summed E-state index contributed by atoms with van der Waals surface area (Å²) in [6.07, 6.45) is 5.28. The highest BCUT2D eigenvalue weighted by Gasteiger charge is 2.50. The van der Waals surface area contributed by atoms with Crippen LogP contribution in [0, 0.1) is 0 Å². The van der Waals surface area contributed by atoms with E-state index in [9.17, 15) is 48.3 Å². The third-order valence-electron chi connectivity index (χ3n) is 12.8. The molecular weight excluding hydrogens is 1020 g/mol. The van der Waals surface area contributed by atoms with E-state index in [4.69, 9.17) is 38.2 Å². The quantitative estimate of drug-likeness (QED) is 0.0226. The van der Waals surface area contributed by atoms with E-state index < -0.39 is 53.3 Å². The number of aryl methyl sites for hydroxylation is 1. The second-order valence-corrected chi connectivity index (χ2v) is 19.4. The lowest BCUT2D eigenvalue weighted by molar-refractivity contribution is -0.189. The van der Waals surface area contributed by atoms with Gasteiger partial charge in [0.1, 0.15) is 43.9 Å². The number of carbonyl (C=O) groups excluding carboxylic acids is 9. The average molecular weight is 1090 g/mol. The van der Waals surface area contributed by atoms with Crippen LogP contribution in [0.15, 0.2) is 41.2 Å². The number of nitrogens with one attached hydrogen (secondary N) is 4. The van der Waals surface area contributed by atoms with E-state index in [1.165, 1.54) is 23.1 Å². The van der Waals surface area contributed by atoms with Gasteiger partial charge in [0, 0.05) is 54.7 Å². The molecular formula is C54H71N7O17. The van der Waals surface area contributed by atoms with Crippen LogP contribution < -0.4 is 26.8 Å². The first kappa shape index (κ1) is 61.3. The highest BCUT2D eigenvalue weighted by atomic mass is 16.6. The van der Waals surface area contributed by atoms with E-state index in [2.05, 4.69) is 21.3 Å². The average Bonchev–Trinajstić information content (AvgIpc) is 3.94. The van der Waals surface area contributed by atoms with Gasteiger partial charge in [-0.15, -0.1) is 0 Å². The number of carbonyl (C=O) groups is 9. The Hall–Kier alpha value is -7.57. The van der Waals surface area contributed by atoms with Gasteiger partial charge in [-0.05, 0) is 95.5 Å². The van der Waals surface area contributed by atoms with Gasteiger partial charge in [0.15, 0.2) is 0 Å². The van der Waals surface area contributed by atoms with E-state index in [0.29, 0.717) is 88.2 Å². The molecule has 5 N–H and O–H groups in total. The van der Waals surface area contributed by atoms with Crippen LogP contribution in [0.4, 0.5) is 4.79 Å². The molecule has 0 saturated carbocycles. The van der Waals surface area contributed by atoms with Crippen molar-refractivity contribution < 1.29 is 76.7 Å². The predicted molar refractivity (Wildman–Crippen MR) is 279 cm³/mol. The third-order valence-corrected chi connectivity index (χ3v) is 12.8. The molecule has 24 nitrogen and oxygen atoms in total. The van der Waals surface area contributed by atoms with Crippen LogP contribution in [-0.2, 0) is 92.0 Å². The molecule has 0 saturated heterocycles. The third kappa shape index (κ3) is 16.5. The van der Waals surface area contributed by atoms with Crippen molar-refractivity contribution in [2.45, 2.75) is 123 Å². The van der Waals surface area contributed by atoms with Crippen LogP contribution in [0.5, 0.6) is 5.75 Å². The molecule has 424 valence electrons. The number of benzene rings is 1. The molecule has 78 heavy (non-hydrogen) atoms. The van der Waals surface area contributed by atoms with Crippen molar-refractivity contribution in [1.29, 1.82) is 0 Å². The van der Waals surface area contributed by atoms with E-state index in [-0.39, 0.29) is 99.5 Å². The highest BCUT2D eigenvalue weighted by Crippen LogP contribution is 2.42. The summed E-state index contributed by atoms with van der Waals surface area (Å²) in [4.78, 5) is 129. The number of esters is 2. The summed E-state index contributed by atoms with van der Waals surface area (Å²) in [5, 5.41) is 21.5. The molecule has 5 heterocycles. The Morgan fingerprint density at radius 2 is 1.53 bits per heavy atom. The number of rotatable bonds is 29. The number of cyclic esters (lactones) is 1. The summed E-state index contributed by atoms with van der Waals surface area (Å²) < 4.78 is 34.6. The number of phenolic OH excluding ortho intramolecular Hbond substituents is 1. The van der Waals surface area contributed by atoms with Gasteiger partial charge in [-0.2, -0.15) is 0 Å². The first-order valence-corrected chi connectivity index (χ1v) is 26.0. The lowest BCUT2D eigenvalue weighted by Crippen LogP contribution is -2.51. The van der Waals surface area contributed by atoms with Crippen molar-refractivity contribution in [3.8, 4) is 17.1 Å². The fraction of sp³-hybridized carbons (Fsp3) is 0.537. The van der Waals surface area contributed by atoms with Crippen LogP contribution >= 0.6 is 0 Å². The number of fused-ring (bicyclic) bond motifs is 5. The Balaban J connectivity index is 0.00000554. The number of hydrogen-bond acceptors (Lipinski definition) is 18. The fourth-order valence-corrected chi connectivity index (χ4v) is 9.03. The normalized spacial score (nSPS) is 15.6. The fourth-order valence-electron chi connectivity index (χ4n) is 9.03. The molecule has 24 heteroatoms. The first-order valence-electron chi connectivity index (χ1n) is 26.0. The second-order valence-electron chi connectivity index (χ2n) is 19.4. The van der Waals surface area contributed by atoms with Gasteiger partial charge in [0.2, 0.25) is 23.3 Å². The van der Waals surface area contributed by atoms with Crippen molar-refractivity contribution in [3.63, 3.8) is 0 Å². The minimum absolute atomic E-state index is 0.0824. The van der Waals surface area contributed by atoms with Crippen molar-refractivity contribution in [2.75, 3.05) is 65.8 Å². The topological polar surface area (TPSA) is 315 Å². The SMILES string of the molecule is C=O.CCc1c2c(nc3ccc(O)cc13)-c1cc3c(c(=O)n1C2)COC(=O)[C@@]3(CC)OC(=O)CNC(=O)C(CCCCNC(=O)COCCOCCOCCNC(=O)CCCCCN1C(=O)C=CC1=O)NC(=O)OC(C)(C)C. The molecule has 6 amide bonds. The zero-order valence-electron chi connectivity index (χ0n) is 44.9. The summed E-state index contributed by atoms with van der Waals surface area (Å²) in [6.45, 7) is 11.7. The largest absolute Gasteiger partial charge is 0.508 e. The van der Waals surface area contributed by atoms with Gasteiger partial charge in [0.25, 0.3) is 17.4 Å². The predicted octanol–water partition coefficient (Wildman–Crippen LogP) is 2.66. The summed E-state index contributed by atoms with van der Waals surface area (Å²) in [6, 6.07) is 5.32. The maximum absolute atomic E-state index is 14.1. The Labute approximate surface area is 451 Å². The Morgan fingerprint density at radius 3 is 2.22 bits per heavy atom. The molecule has 3 aromatic rings. The van der Waals surface area contributed by atoms with Crippen molar-refractivity contribution in [3.05, 3.63) is 69.0 Å². The maximum atomic E-state index is 14.1. The standard InChI is InChI=1S/C53H69N7O16.CH2O/c1-6-34-35-27-33(61)15-16-39(35)57-47-36(34)30-60-41(47)28-38-37(49(60)68)31-74-50(69)53(38,7-2)75-46(66)29-56-48(67)40(58-51(70)76-52(3,4)5)13-10-11-19-54-43(63)32-73-26-25-72-24-23-71-22-20-55-42(62)14-9-8-12-21-59-44(64)17-18-45(59)65;1-2/h15-18,27-28,40,61H,6-14,19-26,29-32H2,1-5H3,(H,54,63)(H,55,62)(H,56,67)(H,58,70);1H2/t40?,53-;/m0./s1. The molecule has 2 aromatic heterocycles. The molecule has 1 aromatic carbocycles. The van der Waals surface area contributed by atoms with Gasteiger partial charge in [-0.25, -0.2) is 14.6 Å². The van der Waals surface area contributed by atoms with Gasteiger partial charge in [-0.1, -0.05) is 20.3 Å². The number of amides is 6. The molecule has 0 fully saturated rings. The highest BCUT2D eigenvalue weighted by molar-refractivity contribution is 6.12. The lowest BCUT2D eigenvalue weighted by Gasteiger charge is -2.35. The number of nitrogens with zero attached hydrogens (tertiary/aromatic N) is 3. The molecule has 3 aliphatic heterocycles. The van der Waals surface area contributed by atoms with Crippen LogP contribution in [0.2, 0.25) is 0 Å². The number of pyridine rings is 2. The number of ether oxygens (including phenoxy) is 6. The minimum atomic E-state index is -2.04. The van der Waals surface area contributed by atoms with Gasteiger partial charge in [-0.3, -0.25) is 38.5 Å². The van der Waals surface area contributed by atoms with Crippen molar-refractivity contribution in [2.24, 2.45) is 0 Å². The van der Waals surface area contributed by atoms with Crippen molar-refractivity contribution in [1.82, 2.24) is 35.7 Å². The number of unbranched alkanes of at least 4 members (excludes halogenated alkanes) is 3. The summed E-state index contributed by atoms with van der Waals surface area (Å²) in [5.74, 6) is -3.65. The molecule has 0 radical (unpaired) electrons. The van der Waals surface area contributed by atoms with Gasteiger partial charge < -0.3 is 64.2 Å². The van der Waals surface area contributed by atoms with E-state index in [1.54, 1.807) is 50.5 Å². The maximum Gasteiger partial charge on any atom is 0.408 e. The number of hydrogen-bond donors (Lipinski definition) is 5. The first-order chi connectivity index (χ1) is 37.3. The summed E-state index contributed by atoms with van der Waals surface area (Å²) in [7, 11) is 0. The monoisotopic (exact) mass is 1090 g/mol. The van der Waals surface area contributed by atoms with E-state index in [0.717, 1.165) is 16.5 Å². The summed E-state index contributed by atoms with van der Waals surface area (Å²) in [5.41, 5.74) is 0.209. The summed E-state index contributed by atoms with van der Waals surface area (Å²) >= 11 is 0. The van der Waals surface area contributed by atoms with E-state index in [1.807, 2.05) is 13.7 Å². The zero-order valence-corrected chi connectivity index (χ0v) is 44.9. The number of imide groups is 1. The second kappa shape index (κ2) is 29.2. The van der Waals surface area contributed by atoms with Crippen molar-refractivity contribution >= 4 is 65.3 Å². The van der Waals surface area contributed by atoms with Gasteiger partial charge >= 0.3 is 18.0 Å². The number of aromatic nitrogens is 2. The smallest absolute Gasteiger partial charge is 0.408 e. The molecule has 0 aliphatic carbocycles. The van der Waals surface area contributed by atoms with Crippen LogP contribution in [0.25, 0.3) is 22.3 Å². The van der Waals surface area contributed by atoms with Gasteiger partial charge in [0.05, 0.1) is 62.0 Å². The number of aromatic hydroxyl groups is 1. The Morgan fingerprint density at radius 1 is 0.833 bits per heavy atom. The molecule has 2 atom stereocenters. The number of alkyl carbamates (subject to hydrolysis) is 1. The Bertz CT molecular complexity index is 2750.